The van der Waals surface area contributed by atoms with Crippen molar-refractivity contribution in [3.8, 4) is 0 Å². The number of unbranched alkanes of at least 4 members (excludes halogenated alkanes) is 38. The van der Waals surface area contributed by atoms with Crippen molar-refractivity contribution < 1.29 is 80.2 Å². The van der Waals surface area contributed by atoms with Crippen LogP contribution in [0.5, 0.6) is 0 Å². The summed E-state index contributed by atoms with van der Waals surface area (Å²) >= 11 is 0. The molecule has 0 aromatic rings. The highest BCUT2D eigenvalue weighted by Crippen LogP contribution is 2.45. The second-order valence-corrected chi connectivity index (χ2v) is 25.7. The summed E-state index contributed by atoms with van der Waals surface area (Å²) < 4.78 is 67.5. The van der Waals surface area contributed by atoms with Gasteiger partial charge in [-0.15, -0.1) is 0 Å². The first kappa shape index (κ1) is 80.1. The molecule has 0 bridgehead atoms. The Hall–Kier alpha value is -1.94. The van der Waals surface area contributed by atoms with Gasteiger partial charge >= 0.3 is 39.5 Å². The molecule has 2 unspecified atom stereocenters. The van der Waals surface area contributed by atoms with E-state index in [2.05, 4.69) is 27.7 Å². The lowest BCUT2D eigenvalue weighted by atomic mass is 10.0. The molecule has 82 heavy (non-hydrogen) atoms. The standard InChI is InChI=1S/C63H122O17P2/c1-5-9-13-17-19-21-23-24-25-26-27-28-29-30-31-32-34-36-38-42-46-50-63(68)80-59(54-74-61(66)48-44-41-37-35-33-22-20-18-14-10-6-2)56-78-82(71,72)76-52-57(64)51-75-81(69,70)77-55-58(79-62(67)49-45-40-16-12-8-4)53-73-60(65)47-43-39-15-11-7-3/h57-59,64H,5-56H2,1-4H3,(H,69,70)(H,71,72)/t57-,58+,59+/m0/s1. The van der Waals surface area contributed by atoms with E-state index in [4.69, 9.17) is 37.0 Å². The fourth-order valence-electron chi connectivity index (χ4n) is 9.46. The van der Waals surface area contributed by atoms with Gasteiger partial charge in [-0.05, 0) is 25.7 Å². The zero-order chi connectivity index (χ0) is 60.5. The van der Waals surface area contributed by atoms with Crippen molar-refractivity contribution in [3.05, 3.63) is 0 Å². The third-order valence-corrected chi connectivity index (χ3v) is 16.5. The van der Waals surface area contributed by atoms with Crippen LogP contribution in [0.3, 0.4) is 0 Å². The van der Waals surface area contributed by atoms with Crippen molar-refractivity contribution in [3.63, 3.8) is 0 Å². The molecule has 17 nitrogen and oxygen atoms in total. The molecule has 0 saturated heterocycles. The van der Waals surface area contributed by atoms with E-state index >= 15 is 0 Å². The minimum Gasteiger partial charge on any atom is -0.462 e. The molecule has 0 aromatic carbocycles. The normalized spacial score (nSPS) is 14.2. The first-order valence-electron chi connectivity index (χ1n) is 33.3. The predicted molar refractivity (Wildman–Crippen MR) is 326 cm³/mol. The van der Waals surface area contributed by atoms with Gasteiger partial charge in [0.25, 0.3) is 0 Å². The topological polar surface area (TPSA) is 237 Å². The number of ether oxygens (including phenoxy) is 4. The van der Waals surface area contributed by atoms with Gasteiger partial charge in [0.2, 0.25) is 0 Å². The second-order valence-electron chi connectivity index (χ2n) is 22.8. The maximum absolute atomic E-state index is 13.0. The van der Waals surface area contributed by atoms with Gasteiger partial charge in [0.05, 0.1) is 26.4 Å². The van der Waals surface area contributed by atoms with Gasteiger partial charge < -0.3 is 33.8 Å². The minimum atomic E-state index is -4.94. The van der Waals surface area contributed by atoms with Crippen LogP contribution in [0.15, 0.2) is 0 Å². The fraction of sp³-hybridized carbons (Fsp3) is 0.937. The molecule has 0 fully saturated rings. The van der Waals surface area contributed by atoms with Crippen molar-refractivity contribution in [2.75, 3.05) is 39.6 Å². The van der Waals surface area contributed by atoms with Crippen LogP contribution in [0.2, 0.25) is 0 Å². The van der Waals surface area contributed by atoms with E-state index in [1.807, 2.05) is 0 Å². The van der Waals surface area contributed by atoms with Gasteiger partial charge in [-0.1, -0.05) is 272 Å². The summed E-state index contributed by atoms with van der Waals surface area (Å²) in [5, 5.41) is 10.5. The fourth-order valence-corrected chi connectivity index (χ4v) is 11.0. The van der Waals surface area contributed by atoms with Crippen molar-refractivity contribution in [1.29, 1.82) is 0 Å². The molecule has 5 atom stereocenters. The van der Waals surface area contributed by atoms with Crippen LogP contribution < -0.4 is 0 Å². The van der Waals surface area contributed by atoms with Crippen LogP contribution in [0.25, 0.3) is 0 Å². The van der Waals surface area contributed by atoms with Gasteiger partial charge in [-0.25, -0.2) is 9.13 Å². The molecule has 0 heterocycles. The number of carbonyl (C=O) groups is 4. The first-order valence-corrected chi connectivity index (χ1v) is 36.3. The maximum Gasteiger partial charge on any atom is 0.472 e. The molecular formula is C63H122O17P2. The quantitative estimate of drug-likeness (QED) is 0.0222. The van der Waals surface area contributed by atoms with Crippen LogP contribution in [-0.4, -0.2) is 96.7 Å². The van der Waals surface area contributed by atoms with Crippen LogP contribution in [-0.2, 0) is 65.4 Å². The number of rotatable bonds is 64. The SMILES string of the molecule is CCCCCCCCCCCCCCCCCCCCCCCC(=O)O[C@H](COC(=O)CCCCCCCCCCCCC)COP(=O)(O)OC[C@@H](O)COP(=O)(O)OC[C@@H](COC(=O)CCCCCCC)OC(=O)CCCCCCC. The highest BCUT2D eigenvalue weighted by Gasteiger charge is 2.30. The van der Waals surface area contributed by atoms with E-state index in [-0.39, 0.29) is 25.7 Å². The number of carbonyl (C=O) groups excluding carboxylic acids is 4. The third kappa shape index (κ3) is 57.2. The Labute approximate surface area is 498 Å². The van der Waals surface area contributed by atoms with Crippen LogP contribution >= 0.6 is 15.6 Å². The Bertz CT molecular complexity index is 1590. The third-order valence-electron chi connectivity index (χ3n) is 14.6. The van der Waals surface area contributed by atoms with E-state index in [1.165, 1.54) is 148 Å². The summed E-state index contributed by atoms with van der Waals surface area (Å²) in [4.78, 5) is 71.6. The molecule has 0 aliphatic heterocycles. The molecular weight excluding hydrogens is 1090 g/mol. The van der Waals surface area contributed by atoms with Gasteiger partial charge in [0, 0.05) is 25.7 Å². The van der Waals surface area contributed by atoms with Crippen LogP contribution in [0.4, 0.5) is 0 Å². The summed E-state index contributed by atoms with van der Waals surface area (Å²) in [6.07, 6.45) is 44.1. The molecule has 0 spiro atoms. The largest absolute Gasteiger partial charge is 0.472 e. The van der Waals surface area contributed by atoms with Gasteiger partial charge in [0.1, 0.15) is 19.3 Å². The van der Waals surface area contributed by atoms with Crippen molar-refractivity contribution in [1.82, 2.24) is 0 Å². The highest BCUT2D eigenvalue weighted by molar-refractivity contribution is 7.47. The zero-order valence-corrected chi connectivity index (χ0v) is 54.2. The number of aliphatic hydroxyl groups is 1. The predicted octanol–water partition coefficient (Wildman–Crippen LogP) is 17.5. The van der Waals surface area contributed by atoms with Crippen molar-refractivity contribution in [2.24, 2.45) is 0 Å². The van der Waals surface area contributed by atoms with E-state index in [0.29, 0.717) is 25.7 Å². The summed E-state index contributed by atoms with van der Waals surface area (Å²) in [5.41, 5.74) is 0. The lowest BCUT2D eigenvalue weighted by Crippen LogP contribution is -2.30. The molecule has 486 valence electrons. The molecule has 0 aliphatic carbocycles. The molecule has 0 rings (SSSR count). The van der Waals surface area contributed by atoms with Crippen molar-refractivity contribution in [2.45, 2.75) is 341 Å². The molecule has 0 aromatic heterocycles. The van der Waals surface area contributed by atoms with E-state index in [9.17, 15) is 43.2 Å². The van der Waals surface area contributed by atoms with E-state index in [1.54, 1.807) is 0 Å². The molecule has 0 aliphatic rings. The molecule has 0 amide bonds. The average molecular weight is 1210 g/mol. The van der Waals surface area contributed by atoms with Gasteiger partial charge in [0.15, 0.2) is 12.2 Å². The number of hydrogen-bond donors (Lipinski definition) is 3. The summed E-state index contributed by atoms with van der Waals surface area (Å²) in [6.45, 7) is 4.69. The summed E-state index contributed by atoms with van der Waals surface area (Å²) in [5.74, 6) is -2.16. The van der Waals surface area contributed by atoms with E-state index < -0.39 is 97.5 Å². The van der Waals surface area contributed by atoms with Crippen LogP contribution in [0.1, 0.15) is 323 Å². The molecule has 0 radical (unpaired) electrons. The molecule has 3 N–H and O–H groups in total. The number of esters is 4. The Kier molecular flexibility index (Phi) is 56.7. The Balaban J connectivity index is 5.02. The number of hydrogen-bond acceptors (Lipinski definition) is 15. The lowest BCUT2D eigenvalue weighted by molar-refractivity contribution is -0.161. The van der Waals surface area contributed by atoms with Crippen LogP contribution in [0, 0.1) is 0 Å². The van der Waals surface area contributed by atoms with Gasteiger partial charge in [-0.3, -0.25) is 37.3 Å². The minimum absolute atomic E-state index is 0.0992. The molecule has 0 saturated carbocycles. The summed E-state index contributed by atoms with van der Waals surface area (Å²) in [6, 6.07) is 0. The van der Waals surface area contributed by atoms with Crippen molar-refractivity contribution >= 4 is 39.5 Å². The van der Waals surface area contributed by atoms with Gasteiger partial charge in [-0.2, -0.15) is 0 Å². The highest BCUT2D eigenvalue weighted by atomic mass is 31.2. The number of phosphoric acid groups is 2. The smallest absolute Gasteiger partial charge is 0.462 e. The Morgan fingerprint density at radius 2 is 0.488 bits per heavy atom. The lowest BCUT2D eigenvalue weighted by Gasteiger charge is -2.21. The Morgan fingerprint density at radius 3 is 0.720 bits per heavy atom. The zero-order valence-electron chi connectivity index (χ0n) is 52.5. The average Bonchev–Trinajstić information content (AvgIpc) is 3.46. The summed E-state index contributed by atoms with van der Waals surface area (Å²) in [7, 11) is -9.86. The second kappa shape index (κ2) is 58.1. The van der Waals surface area contributed by atoms with E-state index in [0.717, 1.165) is 96.3 Å². The monoisotopic (exact) mass is 1210 g/mol. The maximum atomic E-state index is 13.0. The number of phosphoric ester groups is 2. The Morgan fingerprint density at radius 1 is 0.293 bits per heavy atom. The molecule has 19 heteroatoms. The number of aliphatic hydroxyl groups excluding tert-OH is 1. The first-order chi connectivity index (χ1) is 39.7.